The first-order chi connectivity index (χ1) is 12.8. The Kier molecular flexibility index (Phi) is 6.86. The van der Waals surface area contributed by atoms with E-state index in [0.29, 0.717) is 22.8 Å². The lowest BCUT2D eigenvalue weighted by molar-refractivity contribution is -0.384. The van der Waals surface area contributed by atoms with Crippen LogP contribution in [0.3, 0.4) is 0 Å². The number of benzene rings is 1. The fourth-order valence-corrected chi connectivity index (χ4v) is 3.35. The van der Waals surface area contributed by atoms with Crippen LogP contribution in [0.2, 0.25) is 0 Å². The molecule has 1 aliphatic rings. The molecule has 1 aromatic carbocycles. The normalized spacial score (nSPS) is 17.1. The van der Waals surface area contributed by atoms with E-state index in [2.05, 4.69) is 10.2 Å². The highest BCUT2D eigenvalue weighted by atomic mass is 32.1. The number of carbonyl (C=O) groups excluding carboxylic acids is 1. The van der Waals surface area contributed by atoms with Gasteiger partial charge in [0.1, 0.15) is 0 Å². The van der Waals surface area contributed by atoms with Gasteiger partial charge in [-0.15, -0.1) is 0 Å². The Hall–Kier alpha value is -2.52. The molecule has 1 aliphatic heterocycles. The minimum atomic E-state index is -0.518. The van der Waals surface area contributed by atoms with E-state index in [0.717, 1.165) is 18.7 Å². The lowest BCUT2D eigenvalue weighted by Crippen LogP contribution is -2.48. The molecule has 0 radical (unpaired) electrons. The summed E-state index contributed by atoms with van der Waals surface area (Å²) in [7, 11) is 5.33. The van der Waals surface area contributed by atoms with E-state index in [1.807, 2.05) is 25.9 Å². The molecular formula is C18H24N4O4S. The summed E-state index contributed by atoms with van der Waals surface area (Å²) in [6, 6.07) is 5.55. The highest BCUT2D eigenvalue weighted by molar-refractivity contribution is 7.80. The standard InChI is InChI=1S/C18H24N4O4S/c1-12-15(17(23)26-4)16(13-6-8-14(9-7-13)22(24)25)19-18(27)21(12)11-5-10-20(2)3/h6-9,16H,5,10-11H2,1-4H3,(H,19,27)/t16-/m1/s1. The number of non-ortho nitro benzene ring substituents is 1. The van der Waals surface area contributed by atoms with E-state index in [9.17, 15) is 14.9 Å². The minimum absolute atomic E-state index is 0.0113. The number of rotatable bonds is 7. The first-order valence-electron chi connectivity index (χ1n) is 8.52. The van der Waals surface area contributed by atoms with E-state index >= 15 is 0 Å². The summed E-state index contributed by atoms with van der Waals surface area (Å²) in [6.07, 6.45) is 0.878. The van der Waals surface area contributed by atoms with Crippen molar-refractivity contribution in [1.82, 2.24) is 15.1 Å². The molecule has 0 fully saturated rings. The second kappa shape index (κ2) is 8.92. The van der Waals surface area contributed by atoms with Crippen LogP contribution in [0.5, 0.6) is 0 Å². The van der Waals surface area contributed by atoms with Crippen molar-refractivity contribution < 1.29 is 14.5 Å². The first-order valence-corrected chi connectivity index (χ1v) is 8.93. The van der Waals surface area contributed by atoms with Crippen LogP contribution in [0.4, 0.5) is 5.69 Å². The third-order valence-electron chi connectivity index (χ3n) is 4.43. The molecule has 1 aromatic rings. The molecule has 2 rings (SSSR count). The highest BCUT2D eigenvalue weighted by Crippen LogP contribution is 2.32. The van der Waals surface area contributed by atoms with Crippen molar-refractivity contribution in [2.24, 2.45) is 0 Å². The van der Waals surface area contributed by atoms with Gasteiger partial charge in [0, 0.05) is 24.4 Å². The predicted molar refractivity (Wildman–Crippen MR) is 106 cm³/mol. The number of esters is 1. The maximum Gasteiger partial charge on any atom is 0.337 e. The third kappa shape index (κ3) is 4.81. The van der Waals surface area contributed by atoms with Gasteiger partial charge < -0.3 is 19.9 Å². The number of methoxy groups -OCH3 is 1. The Labute approximate surface area is 163 Å². The molecule has 1 heterocycles. The molecule has 0 unspecified atom stereocenters. The zero-order valence-electron chi connectivity index (χ0n) is 15.9. The summed E-state index contributed by atoms with van der Waals surface area (Å²) in [5.74, 6) is -0.455. The van der Waals surface area contributed by atoms with Crippen LogP contribution >= 0.6 is 12.2 Å². The van der Waals surface area contributed by atoms with Gasteiger partial charge in [-0.1, -0.05) is 0 Å². The number of nitro groups is 1. The highest BCUT2D eigenvalue weighted by Gasteiger charge is 2.34. The maximum atomic E-state index is 12.5. The number of thiocarbonyl (C=S) groups is 1. The maximum absolute atomic E-state index is 12.5. The largest absolute Gasteiger partial charge is 0.466 e. The molecule has 0 bridgehead atoms. The molecule has 8 nitrogen and oxygen atoms in total. The SMILES string of the molecule is COC(=O)C1=C(C)N(CCCN(C)C)C(=S)N[C@@H]1c1ccc([N+](=O)[O-])cc1. The van der Waals surface area contributed by atoms with Crippen LogP contribution in [0.1, 0.15) is 24.9 Å². The second-order valence-electron chi connectivity index (χ2n) is 6.53. The Balaban J connectivity index is 2.37. The summed E-state index contributed by atoms with van der Waals surface area (Å²) in [5, 5.41) is 14.6. The Morgan fingerprint density at radius 2 is 2.00 bits per heavy atom. The van der Waals surface area contributed by atoms with Crippen molar-refractivity contribution in [3.63, 3.8) is 0 Å². The number of nitro benzene ring substituents is 1. The number of ether oxygens (including phenoxy) is 1. The van der Waals surface area contributed by atoms with Gasteiger partial charge in [-0.3, -0.25) is 10.1 Å². The van der Waals surface area contributed by atoms with Crippen molar-refractivity contribution in [2.75, 3.05) is 34.3 Å². The zero-order chi connectivity index (χ0) is 20.1. The van der Waals surface area contributed by atoms with E-state index in [1.165, 1.54) is 19.2 Å². The van der Waals surface area contributed by atoms with E-state index < -0.39 is 16.9 Å². The summed E-state index contributed by atoms with van der Waals surface area (Å²) >= 11 is 5.51. The molecule has 0 aromatic heterocycles. The molecule has 27 heavy (non-hydrogen) atoms. The molecule has 1 N–H and O–H groups in total. The van der Waals surface area contributed by atoms with Crippen molar-refractivity contribution in [1.29, 1.82) is 0 Å². The summed E-state index contributed by atoms with van der Waals surface area (Å²) in [6.45, 7) is 3.41. The summed E-state index contributed by atoms with van der Waals surface area (Å²) in [4.78, 5) is 26.9. The quantitative estimate of drug-likeness (QED) is 0.327. The average molecular weight is 392 g/mol. The van der Waals surface area contributed by atoms with Crippen LogP contribution in [0, 0.1) is 10.1 Å². The van der Waals surface area contributed by atoms with Gasteiger partial charge in [0.2, 0.25) is 0 Å². The summed E-state index contributed by atoms with van der Waals surface area (Å²) in [5.41, 5.74) is 1.87. The summed E-state index contributed by atoms with van der Waals surface area (Å²) < 4.78 is 4.98. The van der Waals surface area contributed by atoms with E-state index in [4.69, 9.17) is 17.0 Å². The molecule has 0 amide bonds. The van der Waals surface area contributed by atoms with Crippen molar-refractivity contribution in [3.8, 4) is 0 Å². The van der Waals surface area contributed by atoms with E-state index in [-0.39, 0.29) is 5.69 Å². The molecule has 0 saturated carbocycles. The molecule has 9 heteroatoms. The van der Waals surface area contributed by atoms with Gasteiger partial charge in [0.05, 0.1) is 23.6 Å². The van der Waals surface area contributed by atoms with Crippen LogP contribution in [-0.4, -0.2) is 60.1 Å². The number of hydrogen-bond acceptors (Lipinski definition) is 6. The Morgan fingerprint density at radius 1 is 1.37 bits per heavy atom. The third-order valence-corrected chi connectivity index (χ3v) is 4.76. The number of allylic oxidation sites excluding steroid dienone is 1. The van der Waals surface area contributed by atoms with Gasteiger partial charge in [-0.25, -0.2) is 4.79 Å². The lowest BCUT2D eigenvalue weighted by Gasteiger charge is -2.37. The van der Waals surface area contributed by atoms with Crippen molar-refractivity contribution >= 4 is 29.0 Å². The molecular weight excluding hydrogens is 368 g/mol. The Morgan fingerprint density at radius 3 is 2.52 bits per heavy atom. The van der Waals surface area contributed by atoms with Gasteiger partial charge in [-0.05, 0) is 63.9 Å². The number of carbonyl (C=O) groups is 1. The number of nitrogens with one attached hydrogen (secondary N) is 1. The molecule has 0 aliphatic carbocycles. The van der Waals surface area contributed by atoms with E-state index in [1.54, 1.807) is 12.1 Å². The fraction of sp³-hybridized carbons (Fsp3) is 0.444. The number of nitrogens with zero attached hydrogens (tertiary/aromatic N) is 3. The minimum Gasteiger partial charge on any atom is -0.466 e. The molecule has 1 atom stereocenters. The van der Waals surface area contributed by atoms with Crippen LogP contribution in [-0.2, 0) is 9.53 Å². The topological polar surface area (TPSA) is 88.0 Å². The van der Waals surface area contributed by atoms with Crippen LogP contribution < -0.4 is 5.32 Å². The van der Waals surface area contributed by atoms with Gasteiger partial charge in [-0.2, -0.15) is 0 Å². The zero-order valence-corrected chi connectivity index (χ0v) is 16.7. The molecule has 146 valence electrons. The Bertz CT molecular complexity index is 761. The monoisotopic (exact) mass is 392 g/mol. The van der Waals surface area contributed by atoms with Crippen LogP contribution in [0.25, 0.3) is 0 Å². The van der Waals surface area contributed by atoms with Crippen LogP contribution in [0.15, 0.2) is 35.5 Å². The molecule has 0 spiro atoms. The lowest BCUT2D eigenvalue weighted by atomic mass is 9.94. The van der Waals surface area contributed by atoms with Gasteiger partial charge in [0.15, 0.2) is 5.11 Å². The second-order valence-corrected chi connectivity index (χ2v) is 6.92. The predicted octanol–water partition coefficient (Wildman–Crippen LogP) is 2.22. The number of hydrogen-bond donors (Lipinski definition) is 1. The smallest absolute Gasteiger partial charge is 0.337 e. The van der Waals surface area contributed by atoms with Crippen molar-refractivity contribution in [3.05, 3.63) is 51.2 Å². The molecule has 0 saturated heterocycles. The average Bonchev–Trinajstić information content (AvgIpc) is 2.63. The van der Waals surface area contributed by atoms with Gasteiger partial charge >= 0.3 is 5.97 Å². The fourth-order valence-electron chi connectivity index (χ4n) is 3.01. The first kappa shape index (κ1) is 20.8. The van der Waals surface area contributed by atoms with Gasteiger partial charge in [0.25, 0.3) is 5.69 Å². The van der Waals surface area contributed by atoms with Crippen molar-refractivity contribution in [2.45, 2.75) is 19.4 Å².